The summed E-state index contributed by atoms with van der Waals surface area (Å²) in [6.07, 6.45) is 0.766. The molecule has 1 heterocycles. The highest BCUT2D eigenvalue weighted by Crippen LogP contribution is 2.40. The van der Waals surface area contributed by atoms with Crippen molar-refractivity contribution in [2.75, 3.05) is 0 Å². The Kier molecular flexibility index (Phi) is 2.87. The van der Waals surface area contributed by atoms with E-state index in [0.29, 0.717) is 0 Å². The van der Waals surface area contributed by atoms with Gasteiger partial charge in [-0.2, -0.15) is 8.78 Å². The van der Waals surface area contributed by atoms with Crippen molar-refractivity contribution in [2.45, 2.75) is 17.4 Å². The van der Waals surface area contributed by atoms with E-state index in [2.05, 4.69) is 4.98 Å². The van der Waals surface area contributed by atoms with E-state index in [1.807, 2.05) is 15.9 Å². The molecule has 14 heavy (non-hydrogen) atoms. The molecule has 0 radical (unpaired) electrons. The molecule has 0 aliphatic carbocycles. The van der Waals surface area contributed by atoms with Gasteiger partial charge < -0.3 is 5.11 Å². The van der Waals surface area contributed by atoms with E-state index < -0.39 is 16.3 Å². The molecule has 0 fully saturated rings. The highest BCUT2D eigenvalue weighted by atomic mass is 79.9. The largest absolute Gasteiger partial charge is 0.377 e. The molecular weight excluding hydrogens is 263 g/mol. The molecular formula is C8H7BrF3NO. The van der Waals surface area contributed by atoms with Crippen LogP contribution in [0.4, 0.5) is 13.2 Å². The zero-order valence-corrected chi connectivity index (χ0v) is 8.72. The zero-order valence-electron chi connectivity index (χ0n) is 7.14. The highest BCUT2D eigenvalue weighted by molar-refractivity contribution is 9.10. The smallest absolute Gasteiger partial charge is 0.334 e. The fourth-order valence-corrected chi connectivity index (χ4v) is 1.01. The third-order valence-corrected chi connectivity index (χ3v) is 2.55. The van der Waals surface area contributed by atoms with Crippen LogP contribution in [0.3, 0.4) is 0 Å². The van der Waals surface area contributed by atoms with Gasteiger partial charge in [0.15, 0.2) is 5.60 Å². The van der Waals surface area contributed by atoms with Crippen LogP contribution < -0.4 is 0 Å². The number of nitrogens with zero attached hydrogens (tertiary/aromatic N) is 1. The second kappa shape index (κ2) is 3.51. The summed E-state index contributed by atoms with van der Waals surface area (Å²) < 4.78 is 38.1. The van der Waals surface area contributed by atoms with Crippen molar-refractivity contribution in [3.8, 4) is 0 Å². The summed E-state index contributed by atoms with van der Waals surface area (Å²) in [6.45, 7) is 0.891. The number of alkyl halides is 3. The van der Waals surface area contributed by atoms with Crippen molar-refractivity contribution in [2.24, 2.45) is 0 Å². The first-order valence-electron chi connectivity index (χ1n) is 3.66. The SMILES string of the molecule is CC(O)(c1ccc(F)cn1)C(F)(F)Br. The van der Waals surface area contributed by atoms with Crippen LogP contribution in [-0.4, -0.2) is 14.9 Å². The lowest BCUT2D eigenvalue weighted by molar-refractivity contribution is -0.111. The molecule has 0 saturated carbocycles. The lowest BCUT2D eigenvalue weighted by Gasteiger charge is -2.27. The number of aromatic nitrogens is 1. The van der Waals surface area contributed by atoms with Crippen LogP contribution in [0.5, 0.6) is 0 Å². The van der Waals surface area contributed by atoms with Crippen LogP contribution >= 0.6 is 15.9 Å². The zero-order chi connectivity index (χ0) is 11.0. The Bertz CT molecular complexity index is 320. The highest BCUT2D eigenvalue weighted by Gasteiger charge is 2.49. The Balaban J connectivity index is 3.10. The Morgan fingerprint density at radius 1 is 1.43 bits per heavy atom. The second-order valence-corrected chi connectivity index (χ2v) is 3.93. The Morgan fingerprint density at radius 2 is 2.00 bits per heavy atom. The van der Waals surface area contributed by atoms with Crippen LogP contribution in [0, 0.1) is 5.82 Å². The van der Waals surface area contributed by atoms with Crippen molar-refractivity contribution in [1.82, 2.24) is 4.98 Å². The van der Waals surface area contributed by atoms with Crippen LogP contribution in [0.25, 0.3) is 0 Å². The van der Waals surface area contributed by atoms with Gasteiger partial charge in [-0.1, -0.05) is 0 Å². The van der Waals surface area contributed by atoms with E-state index in [4.69, 9.17) is 0 Å². The third kappa shape index (κ3) is 2.06. The number of aliphatic hydroxyl groups is 1. The normalized spacial score (nSPS) is 16.4. The molecule has 78 valence electrons. The van der Waals surface area contributed by atoms with Crippen molar-refractivity contribution in [3.05, 3.63) is 29.8 Å². The maximum atomic E-state index is 12.8. The van der Waals surface area contributed by atoms with Gasteiger partial charge in [0.05, 0.1) is 11.9 Å². The lowest BCUT2D eigenvalue weighted by Crippen LogP contribution is -2.38. The Hall–Kier alpha value is -0.620. The molecule has 0 bridgehead atoms. The van der Waals surface area contributed by atoms with Crippen LogP contribution in [-0.2, 0) is 5.60 Å². The molecule has 0 aliphatic heterocycles. The number of hydrogen-bond donors (Lipinski definition) is 1. The number of pyridine rings is 1. The van der Waals surface area contributed by atoms with E-state index in [1.165, 1.54) is 0 Å². The molecule has 1 unspecified atom stereocenters. The molecule has 1 rings (SSSR count). The molecule has 0 amide bonds. The van der Waals surface area contributed by atoms with Crippen molar-refractivity contribution < 1.29 is 18.3 Å². The van der Waals surface area contributed by atoms with Gasteiger partial charge in [-0.3, -0.25) is 4.98 Å². The van der Waals surface area contributed by atoms with Gasteiger partial charge in [0.2, 0.25) is 0 Å². The van der Waals surface area contributed by atoms with Gasteiger partial charge in [-0.15, -0.1) is 0 Å². The average Bonchev–Trinajstić information content (AvgIpc) is 2.03. The topological polar surface area (TPSA) is 33.1 Å². The van der Waals surface area contributed by atoms with E-state index in [-0.39, 0.29) is 5.69 Å². The summed E-state index contributed by atoms with van der Waals surface area (Å²) in [5, 5.41) is 9.43. The predicted octanol–water partition coefficient (Wildman–Crippen LogP) is 2.42. The summed E-state index contributed by atoms with van der Waals surface area (Å²) in [4.78, 5) is -0.142. The third-order valence-electron chi connectivity index (χ3n) is 1.78. The van der Waals surface area contributed by atoms with Gasteiger partial charge in [0, 0.05) is 0 Å². The second-order valence-electron chi connectivity index (χ2n) is 2.93. The van der Waals surface area contributed by atoms with Crippen molar-refractivity contribution in [1.29, 1.82) is 0 Å². The number of halogens is 4. The quantitative estimate of drug-likeness (QED) is 0.837. The standard InChI is InChI=1S/C8H7BrF3NO/c1-7(14,8(9,11)12)6-3-2-5(10)4-13-6/h2-4,14H,1H3. The molecule has 0 saturated heterocycles. The van der Waals surface area contributed by atoms with E-state index >= 15 is 0 Å². The summed E-state index contributed by atoms with van der Waals surface area (Å²) in [5.74, 6) is -0.651. The summed E-state index contributed by atoms with van der Waals surface area (Å²) >= 11 is 2.04. The minimum absolute atomic E-state index is 0.305. The number of rotatable bonds is 2. The molecule has 2 nitrogen and oxygen atoms in total. The van der Waals surface area contributed by atoms with E-state index in [0.717, 1.165) is 25.3 Å². The van der Waals surface area contributed by atoms with Gasteiger partial charge >= 0.3 is 4.83 Å². The first kappa shape index (κ1) is 11.5. The maximum Gasteiger partial charge on any atom is 0.334 e. The molecule has 0 aromatic carbocycles. The fourth-order valence-electron chi connectivity index (χ4n) is 0.809. The molecule has 0 spiro atoms. The van der Waals surface area contributed by atoms with Crippen LogP contribution in [0.2, 0.25) is 0 Å². The molecule has 1 atom stereocenters. The average molecular weight is 270 g/mol. The maximum absolute atomic E-state index is 12.8. The Labute approximate surface area is 86.9 Å². The summed E-state index contributed by atoms with van der Waals surface area (Å²) in [7, 11) is 0. The monoisotopic (exact) mass is 269 g/mol. The van der Waals surface area contributed by atoms with E-state index in [1.54, 1.807) is 0 Å². The lowest BCUT2D eigenvalue weighted by atomic mass is 10.0. The van der Waals surface area contributed by atoms with Gasteiger partial charge in [0.1, 0.15) is 5.82 Å². The molecule has 1 aromatic heterocycles. The Morgan fingerprint density at radius 3 is 2.36 bits per heavy atom. The predicted molar refractivity (Wildman–Crippen MR) is 47.6 cm³/mol. The molecule has 1 N–H and O–H groups in total. The minimum Gasteiger partial charge on any atom is -0.377 e. The van der Waals surface area contributed by atoms with Crippen LogP contribution in [0.15, 0.2) is 18.3 Å². The molecule has 0 aliphatic rings. The van der Waals surface area contributed by atoms with Crippen LogP contribution in [0.1, 0.15) is 12.6 Å². The summed E-state index contributed by atoms with van der Waals surface area (Å²) in [5.41, 5.74) is -2.78. The summed E-state index contributed by atoms with van der Waals surface area (Å²) in [6, 6.07) is 1.96. The molecule has 6 heteroatoms. The van der Waals surface area contributed by atoms with Crippen molar-refractivity contribution >= 4 is 15.9 Å². The first-order valence-corrected chi connectivity index (χ1v) is 4.45. The fraction of sp³-hybridized carbons (Fsp3) is 0.375. The van der Waals surface area contributed by atoms with Gasteiger partial charge in [-0.05, 0) is 35.0 Å². The van der Waals surface area contributed by atoms with E-state index in [9.17, 15) is 18.3 Å². The van der Waals surface area contributed by atoms with Gasteiger partial charge in [0.25, 0.3) is 0 Å². The van der Waals surface area contributed by atoms with Crippen molar-refractivity contribution in [3.63, 3.8) is 0 Å². The molecule has 1 aromatic rings. The first-order chi connectivity index (χ1) is 6.25. The number of hydrogen-bond acceptors (Lipinski definition) is 2. The van der Waals surface area contributed by atoms with Gasteiger partial charge in [-0.25, -0.2) is 4.39 Å². The minimum atomic E-state index is -3.52.